The number of carboxylic acid groups (broad SMARTS) is 1. The van der Waals surface area contributed by atoms with Crippen LogP contribution in [0, 0.1) is 11.3 Å². The molecule has 1 rings (SSSR count). The molecule has 0 aromatic heterocycles. The molecular weight excluding hydrogens is 244 g/mol. The summed E-state index contributed by atoms with van der Waals surface area (Å²) < 4.78 is 28.5. The van der Waals surface area contributed by atoms with Gasteiger partial charge in [0.1, 0.15) is 5.75 Å². The fraction of sp³-hybridized carbons (Fsp3) is 0.333. The van der Waals surface area contributed by atoms with E-state index < -0.39 is 19.0 Å². The Morgan fingerprint density at radius 1 is 1.50 bits per heavy atom. The Hall–Kier alpha value is -2.16. The van der Waals surface area contributed by atoms with Crippen molar-refractivity contribution in [2.45, 2.75) is 26.4 Å². The summed E-state index contributed by atoms with van der Waals surface area (Å²) in [7, 11) is 0. The Morgan fingerprint density at radius 3 is 2.56 bits per heavy atom. The Kier molecular flexibility index (Phi) is 4.60. The molecule has 0 bridgehead atoms. The summed E-state index contributed by atoms with van der Waals surface area (Å²) in [6, 6.07) is 4.39. The van der Waals surface area contributed by atoms with Crippen LogP contribution in [0.3, 0.4) is 0 Å². The second-order valence-corrected chi connectivity index (χ2v) is 3.53. The molecule has 1 aromatic rings. The van der Waals surface area contributed by atoms with Gasteiger partial charge < -0.3 is 9.84 Å². The zero-order valence-corrected chi connectivity index (χ0v) is 9.61. The average Bonchev–Trinajstić information content (AvgIpc) is 2.26. The first-order valence-corrected chi connectivity index (χ1v) is 5.20. The van der Waals surface area contributed by atoms with Crippen molar-refractivity contribution in [2.24, 2.45) is 0 Å². The van der Waals surface area contributed by atoms with Crippen molar-refractivity contribution < 1.29 is 23.4 Å². The highest BCUT2D eigenvalue weighted by Gasteiger charge is 2.15. The van der Waals surface area contributed by atoms with Crippen LogP contribution in [0.4, 0.5) is 8.78 Å². The molecule has 1 N–H and O–H groups in total. The van der Waals surface area contributed by atoms with Gasteiger partial charge in [0.2, 0.25) is 0 Å². The van der Waals surface area contributed by atoms with E-state index in [1.165, 1.54) is 6.07 Å². The van der Waals surface area contributed by atoms with E-state index in [9.17, 15) is 13.6 Å². The summed E-state index contributed by atoms with van der Waals surface area (Å²) in [6.45, 7) is -1.24. The van der Waals surface area contributed by atoms with E-state index in [1.54, 1.807) is 6.92 Å². The number of hydrogen-bond donors (Lipinski definition) is 1. The smallest absolute Gasteiger partial charge is 0.387 e. The van der Waals surface area contributed by atoms with Crippen LogP contribution >= 0.6 is 0 Å². The van der Waals surface area contributed by atoms with Crippen molar-refractivity contribution in [1.29, 1.82) is 5.26 Å². The molecule has 0 spiro atoms. The van der Waals surface area contributed by atoms with Crippen molar-refractivity contribution in [2.75, 3.05) is 0 Å². The third-order valence-corrected chi connectivity index (χ3v) is 2.33. The van der Waals surface area contributed by atoms with Gasteiger partial charge in [-0.1, -0.05) is 6.92 Å². The van der Waals surface area contributed by atoms with Crippen molar-refractivity contribution in [3.8, 4) is 11.8 Å². The molecule has 0 aliphatic carbocycles. The van der Waals surface area contributed by atoms with E-state index in [0.717, 1.165) is 6.07 Å². The second-order valence-electron chi connectivity index (χ2n) is 3.53. The number of benzene rings is 1. The van der Waals surface area contributed by atoms with Crippen molar-refractivity contribution in [3.63, 3.8) is 0 Å². The monoisotopic (exact) mass is 255 g/mol. The standard InChI is InChI=1S/C12H11F2NO3/c1-2-7-3-9(18-12(13)14)4-8(5-11(16)17)10(7)6-15/h3-4,12H,2,5H2,1H3,(H,16,17). The number of nitrogens with zero attached hydrogens (tertiary/aromatic N) is 1. The predicted octanol–water partition coefficient (Wildman–Crippen LogP) is 2.35. The van der Waals surface area contributed by atoms with E-state index in [0.29, 0.717) is 12.0 Å². The first-order chi connectivity index (χ1) is 8.47. The number of carbonyl (C=O) groups is 1. The van der Waals surface area contributed by atoms with Gasteiger partial charge in [0, 0.05) is 0 Å². The molecule has 0 aliphatic rings. The maximum absolute atomic E-state index is 12.1. The fourth-order valence-electron chi connectivity index (χ4n) is 1.63. The highest BCUT2D eigenvalue weighted by Crippen LogP contribution is 2.24. The molecule has 0 heterocycles. The largest absolute Gasteiger partial charge is 0.481 e. The summed E-state index contributed by atoms with van der Waals surface area (Å²) in [5, 5.41) is 17.7. The van der Waals surface area contributed by atoms with Gasteiger partial charge in [-0.15, -0.1) is 0 Å². The number of carboxylic acids is 1. The topological polar surface area (TPSA) is 70.3 Å². The van der Waals surface area contributed by atoms with Gasteiger partial charge in [-0.25, -0.2) is 0 Å². The van der Waals surface area contributed by atoms with Gasteiger partial charge in [-0.3, -0.25) is 4.79 Å². The number of alkyl halides is 2. The van der Waals surface area contributed by atoms with Gasteiger partial charge in [0.05, 0.1) is 18.1 Å². The summed E-state index contributed by atoms with van der Waals surface area (Å²) in [6.07, 6.45) is 0.0201. The lowest BCUT2D eigenvalue weighted by atomic mass is 9.97. The number of rotatable bonds is 5. The molecule has 4 nitrogen and oxygen atoms in total. The van der Waals surface area contributed by atoms with Gasteiger partial charge in [-0.05, 0) is 29.7 Å². The minimum absolute atomic E-state index is 0.128. The third-order valence-electron chi connectivity index (χ3n) is 2.33. The number of aryl methyl sites for hydroxylation is 1. The highest BCUT2D eigenvalue weighted by atomic mass is 19.3. The molecule has 0 atom stereocenters. The van der Waals surface area contributed by atoms with Crippen molar-refractivity contribution in [3.05, 3.63) is 28.8 Å². The highest BCUT2D eigenvalue weighted by molar-refractivity contribution is 5.72. The quantitative estimate of drug-likeness (QED) is 0.876. The van der Waals surface area contributed by atoms with E-state index >= 15 is 0 Å². The maximum atomic E-state index is 12.1. The zero-order valence-electron chi connectivity index (χ0n) is 9.61. The minimum atomic E-state index is -2.99. The molecular formula is C12H11F2NO3. The Bertz CT molecular complexity index is 495. The lowest BCUT2D eigenvalue weighted by Crippen LogP contribution is -2.07. The van der Waals surface area contributed by atoms with Gasteiger partial charge in [0.25, 0.3) is 0 Å². The van der Waals surface area contributed by atoms with Gasteiger partial charge >= 0.3 is 12.6 Å². The number of ether oxygens (including phenoxy) is 1. The molecule has 6 heteroatoms. The van der Waals surface area contributed by atoms with Gasteiger partial charge in [-0.2, -0.15) is 14.0 Å². The Balaban J connectivity index is 3.27. The predicted molar refractivity (Wildman–Crippen MR) is 58.5 cm³/mol. The molecule has 96 valence electrons. The molecule has 0 unspecified atom stereocenters. The summed E-state index contributed by atoms with van der Waals surface area (Å²) in [4.78, 5) is 10.7. The van der Waals surface area contributed by atoms with E-state index in [1.807, 2.05) is 6.07 Å². The molecule has 0 amide bonds. The molecule has 0 fully saturated rings. The van der Waals surface area contributed by atoms with Crippen LogP contribution in [-0.2, 0) is 17.6 Å². The van der Waals surface area contributed by atoms with Crippen LogP contribution in [0.25, 0.3) is 0 Å². The van der Waals surface area contributed by atoms with Crippen molar-refractivity contribution >= 4 is 5.97 Å². The Labute approximate surface area is 102 Å². The van der Waals surface area contributed by atoms with Crippen LogP contribution in [0.5, 0.6) is 5.75 Å². The van der Waals surface area contributed by atoms with E-state index in [2.05, 4.69) is 4.74 Å². The average molecular weight is 255 g/mol. The minimum Gasteiger partial charge on any atom is -0.481 e. The summed E-state index contributed by atoms with van der Waals surface area (Å²) in [5.74, 6) is -1.26. The molecule has 0 aliphatic heterocycles. The normalized spacial score (nSPS) is 10.2. The van der Waals surface area contributed by atoms with Crippen molar-refractivity contribution in [1.82, 2.24) is 0 Å². The number of nitriles is 1. The SMILES string of the molecule is CCc1cc(OC(F)F)cc(CC(=O)O)c1C#N. The number of halogens is 2. The van der Waals surface area contributed by atoms with Gasteiger partial charge in [0.15, 0.2) is 0 Å². The Morgan fingerprint density at radius 2 is 2.11 bits per heavy atom. The van der Waals surface area contributed by atoms with Crippen LogP contribution < -0.4 is 4.74 Å². The fourth-order valence-corrected chi connectivity index (χ4v) is 1.63. The van der Waals surface area contributed by atoms with E-state index in [4.69, 9.17) is 10.4 Å². The number of aliphatic carboxylic acids is 1. The summed E-state index contributed by atoms with van der Waals surface area (Å²) >= 11 is 0. The molecule has 0 radical (unpaired) electrons. The second kappa shape index (κ2) is 5.96. The maximum Gasteiger partial charge on any atom is 0.387 e. The molecule has 0 saturated heterocycles. The lowest BCUT2D eigenvalue weighted by molar-refractivity contribution is -0.136. The zero-order chi connectivity index (χ0) is 13.7. The first-order valence-electron chi connectivity index (χ1n) is 5.20. The van der Waals surface area contributed by atoms with Crippen LogP contribution in [0.15, 0.2) is 12.1 Å². The van der Waals surface area contributed by atoms with E-state index in [-0.39, 0.29) is 16.9 Å². The van der Waals surface area contributed by atoms with Crippen LogP contribution in [0.1, 0.15) is 23.6 Å². The number of hydrogen-bond acceptors (Lipinski definition) is 3. The lowest BCUT2D eigenvalue weighted by Gasteiger charge is -2.11. The third kappa shape index (κ3) is 3.42. The molecule has 0 saturated carbocycles. The van der Waals surface area contributed by atoms with Crippen LogP contribution in [0.2, 0.25) is 0 Å². The molecule has 1 aromatic carbocycles. The summed E-state index contributed by atoms with van der Waals surface area (Å²) in [5.41, 5.74) is 0.883. The molecule has 18 heavy (non-hydrogen) atoms. The van der Waals surface area contributed by atoms with Crippen LogP contribution in [-0.4, -0.2) is 17.7 Å². The first kappa shape index (κ1) is 13.9.